The lowest BCUT2D eigenvalue weighted by atomic mass is 10.2. The Labute approximate surface area is 178 Å². The first-order valence-corrected chi connectivity index (χ1v) is 11.1. The Hall–Kier alpha value is -3.91. The number of hydrogen-bond donors (Lipinski definition) is 2. The fraction of sp³-hybridized carbons (Fsp3) is 0.0435. The third-order valence-corrected chi connectivity index (χ3v) is 6.93. The lowest BCUT2D eigenvalue weighted by Gasteiger charge is -2.25. The van der Waals surface area contributed by atoms with Gasteiger partial charge in [0.25, 0.3) is 10.0 Å². The Balaban J connectivity index is 1.71. The Bertz CT molecular complexity index is 1550. The van der Waals surface area contributed by atoms with E-state index in [9.17, 15) is 13.2 Å². The highest BCUT2D eigenvalue weighted by molar-refractivity contribution is 7.93. The van der Waals surface area contributed by atoms with Crippen LogP contribution in [0.2, 0.25) is 0 Å². The lowest BCUT2D eigenvalue weighted by Crippen LogP contribution is -2.30. The molecule has 0 amide bonds. The number of rotatable bonds is 5. The second-order valence-electron chi connectivity index (χ2n) is 7.14. The molecule has 2 N–H and O–H groups in total. The fourth-order valence-electron chi connectivity index (χ4n) is 3.64. The number of pyridine rings is 1. The standard InChI is InChI=1S/C23H18N4O3S/c28-23-25-19-12-11-18(14-20(19)26-23)27(15-16-6-2-1-3-7-16)31(29,30)21-10-4-8-17-9-5-13-24-22(17)21/h1-14H,15H2,(H2,25,26,28). The van der Waals surface area contributed by atoms with E-state index in [0.29, 0.717) is 22.2 Å². The minimum atomic E-state index is -3.97. The third kappa shape index (κ3) is 3.47. The maximum Gasteiger partial charge on any atom is 0.323 e. The summed E-state index contributed by atoms with van der Waals surface area (Å²) in [5, 5.41) is 0.744. The minimum Gasteiger partial charge on any atom is -0.306 e. The molecule has 0 saturated carbocycles. The van der Waals surface area contributed by atoms with E-state index in [0.717, 1.165) is 10.9 Å². The van der Waals surface area contributed by atoms with Gasteiger partial charge in [0.05, 0.1) is 28.8 Å². The van der Waals surface area contributed by atoms with Crippen LogP contribution < -0.4 is 9.99 Å². The molecule has 0 saturated heterocycles. The molecule has 0 fully saturated rings. The van der Waals surface area contributed by atoms with Crippen molar-refractivity contribution in [2.45, 2.75) is 11.4 Å². The van der Waals surface area contributed by atoms with Crippen LogP contribution in [0.1, 0.15) is 5.56 Å². The SMILES string of the molecule is O=c1[nH]c2ccc(N(Cc3ccccc3)S(=O)(=O)c3cccc4cccnc34)cc2[nH]1. The number of aromatic amines is 2. The molecule has 0 atom stereocenters. The van der Waals surface area contributed by atoms with Crippen LogP contribution in [-0.4, -0.2) is 23.4 Å². The van der Waals surface area contributed by atoms with Gasteiger partial charge in [-0.1, -0.05) is 48.5 Å². The summed E-state index contributed by atoms with van der Waals surface area (Å²) in [4.78, 5) is 21.5. The first kappa shape index (κ1) is 19.1. The van der Waals surface area contributed by atoms with E-state index in [1.54, 1.807) is 42.6 Å². The number of nitrogens with zero attached hydrogens (tertiary/aromatic N) is 2. The number of para-hydroxylation sites is 1. The number of H-pyrrole nitrogens is 2. The molecule has 0 unspecified atom stereocenters. The number of aromatic nitrogens is 3. The number of imidazole rings is 1. The Kier molecular flexibility index (Phi) is 4.56. The minimum absolute atomic E-state index is 0.129. The van der Waals surface area contributed by atoms with Crippen molar-refractivity contribution < 1.29 is 8.42 Å². The van der Waals surface area contributed by atoms with Gasteiger partial charge in [-0.2, -0.15) is 0 Å². The summed E-state index contributed by atoms with van der Waals surface area (Å²) >= 11 is 0. The number of hydrogen-bond acceptors (Lipinski definition) is 4. The van der Waals surface area contributed by atoms with Crippen LogP contribution in [-0.2, 0) is 16.6 Å². The molecule has 0 aliphatic heterocycles. The van der Waals surface area contributed by atoms with Gasteiger partial charge in [-0.3, -0.25) is 9.29 Å². The van der Waals surface area contributed by atoms with Gasteiger partial charge >= 0.3 is 5.69 Å². The normalized spacial score (nSPS) is 11.7. The van der Waals surface area contributed by atoms with E-state index in [-0.39, 0.29) is 17.1 Å². The van der Waals surface area contributed by atoms with Crippen molar-refractivity contribution in [2.75, 3.05) is 4.31 Å². The van der Waals surface area contributed by atoms with Crippen molar-refractivity contribution >= 4 is 37.6 Å². The molecule has 0 spiro atoms. The summed E-state index contributed by atoms with van der Waals surface area (Å²) in [5.74, 6) is 0. The van der Waals surface area contributed by atoms with Gasteiger partial charge in [0.15, 0.2) is 0 Å². The van der Waals surface area contributed by atoms with Gasteiger partial charge in [0, 0.05) is 11.6 Å². The average Bonchev–Trinajstić information content (AvgIpc) is 3.17. The summed E-state index contributed by atoms with van der Waals surface area (Å²) in [7, 11) is -3.97. The molecule has 0 radical (unpaired) electrons. The van der Waals surface area contributed by atoms with Gasteiger partial charge in [-0.25, -0.2) is 13.2 Å². The van der Waals surface area contributed by atoms with Crippen LogP contribution in [0.5, 0.6) is 0 Å². The molecule has 5 rings (SSSR count). The zero-order valence-electron chi connectivity index (χ0n) is 16.3. The number of anilines is 1. The lowest BCUT2D eigenvalue weighted by molar-refractivity contribution is 0.591. The average molecular weight is 430 g/mol. The van der Waals surface area contributed by atoms with Gasteiger partial charge in [-0.05, 0) is 35.9 Å². The summed E-state index contributed by atoms with van der Waals surface area (Å²) in [6.07, 6.45) is 1.58. The van der Waals surface area contributed by atoms with Crippen molar-refractivity contribution in [3.63, 3.8) is 0 Å². The largest absolute Gasteiger partial charge is 0.323 e. The molecule has 2 aromatic heterocycles. The second-order valence-corrected chi connectivity index (χ2v) is 8.97. The van der Waals surface area contributed by atoms with Crippen LogP contribution in [0.25, 0.3) is 21.9 Å². The van der Waals surface area contributed by atoms with Crippen LogP contribution >= 0.6 is 0 Å². The van der Waals surface area contributed by atoms with Crippen LogP contribution in [0.4, 0.5) is 5.69 Å². The molecule has 31 heavy (non-hydrogen) atoms. The maximum atomic E-state index is 13.9. The third-order valence-electron chi connectivity index (χ3n) is 5.12. The zero-order chi connectivity index (χ0) is 21.4. The first-order valence-electron chi connectivity index (χ1n) is 9.65. The summed E-state index contributed by atoms with van der Waals surface area (Å²) in [6.45, 7) is 0.132. The number of fused-ring (bicyclic) bond motifs is 2. The van der Waals surface area contributed by atoms with E-state index >= 15 is 0 Å². The topological polar surface area (TPSA) is 98.9 Å². The van der Waals surface area contributed by atoms with Gasteiger partial charge in [0.1, 0.15) is 4.90 Å². The highest BCUT2D eigenvalue weighted by Gasteiger charge is 2.28. The molecule has 8 heteroatoms. The molecule has 0 bridgehead atoms. The summed E-state index contributed by atoms with van der Waals surface area (Å²) in [5.41, 5.74) is 2.49. The number of benzene rings is 3. The molecule has 0 aliphatic rings. The van der Waals surface area contributed by atoms with Gasteiger partial charge < -0.3 is 9.97 Å². The van der Waals surface area contributed by atoms with E-state index in [1.165, 1.54) is 4.31 Å². The molecule has 0 aliphatic carbocycles. The Morgan fingerprint density at radius 2 is 1.61 bits per heavy atom. The van der Waals surface area contributed by atoms with Crippen molar-refractivity contribution in [3.8, 4) is 0 Å². The Morgan fingerprint density at radius 1 is 0.839 bits per heavy atom. The van der Waals surface area contributed by atoms with Crippen LogP contribution in [0, 0.1) is 0 Å². The quantitative estimate of drug-likeness (QED) is 0.443. The monoisotopic (exact) mass is 430 g/mol. The van der Waals surface area contributed by atoms with Gasteiger partial charge in [-0.15, -0.1) is 0 Å². The van der Waals surface area contributed by atoms with Crippen molar-refractivity contribution in [2.24, 2.45) is 0 Å². The van der Waals surface area contributed by atoms with Gasteiger partial charge in [0.2, 0.25) is 0 Å². The molecular formula is C23H18N4O3S. The van der Waals surface area contributed by atoms with E-state index in [1.807, 2.05) is 42.5 Å². The van der Waals surface area contributed by atoms with E-state index in [2.05, 4.69) is 15.0 Å². The molecular weight excluding hydrogens is 412 g/mol. The van der Waals surface area contributed by atoms with Crippen LogP contribution in [0.3, 0.4) is 0 Å². The Morgan fingerprint density at radius 3 is 2.45 bits per heavy atom. The molecule has 7 nitrogen and oxygen atoms in total. The second kappa shape index (κ2) is 7.41. The predicted molar refractivity (Wildman–Crippen MR) is 120 cm³/mol. The molecule has 5 aromatic rings. The molecule has 2 heterocycles. The van der Waals surface area contributed by atoms with Crippen molar-refractivity contribution in [3.05, 3.63) is 101 Å². The first-order chi connectivity index (χ1) is 15.0. The molecule has 154 valence electrons. The van der Waals surface area contributed by atoms with Crippen molar-refractivity contribution in [1.29, 1.82) is 0 Å². The molecule has 3 aromatic carbocycles. The smallest absolute Gasteiger partial charge is 0.306 e. The summed E-state index contributed by atoms with van der Waals surface area (Å²) in [6, 6.07) is 23.1. The predicted octanol–water partition coefficient (Wildman–Crippen LogP) is 3.80. The zero-order valence-corrected chi connectivity index (χ0v) is 17.1. The van der Waals surface area contributed by atoms with E-state index in [4.69, 9.17) is 0 Å². The maximum absolute atomic E-state index is 13.9. The highest BCUT2D eigenvalue weighted by atomic mass is 32.2. The highest BCUT2D eigenvalue weighted by Crippen LogP contribution is 2.30. The van der Waals surface area contributed by atoms with Crippen molar-refractivity contribution in [1.82, 2.24) is 15.0 Å². The van der Waals surface area contributed by atoms with Crippen LogP contribution in [0.15, 0.2) is 94.7 Å². The number of sulfonamides is 1. The fourth-order valence-corrected chi connectivity index (χ4v) is 5.26. The summed E-state index contributed by atoms with van der Waals surface area (Å²) < 4.78 is 29.1. The number of nitrogens with one attached hydrogen (secondary N) is 2. The van der Waals surface area contributed by atoms with E-state index < -0.39 is 10.0 Å².